The number of hydrogen-bond acceptors (Lipinski definition) is 4. The number of amides is 1. The van der Waals surface area contributed by atoms with E-state index in [1.165, 1.54) is 283 Å². The van der Waals surface area contributed by atoms with Crippen LogP contribution in [0.1, 0.15) is 341 Å². The van der Waals surface area contributed by atoms with Crippen LogP contribution < -0.4 is 5.32 Å². The van der Waals surface area contributed by atoms with Gasteiger partial charge in [-0.05, 0) is 12.8 Å². The van der Waals surface area contributed by atoms with Gasteiger partial charge in [0.15, 0.2) is 0 Å². The molecule has 0 aromatic heterocycles. The summed E-state index contributed by atoms with van der Waals surface area (Å²) in [4.78, 5) is 12.5. The molecule has 0 spiro atoms. The molecule has 0 bridgehead atoms. The third-order valence-corrected chi connectivity index (χ3v) is 14.2. The molecule has 0 radical (unpaired) electrons. The Morgan fingerprint density at radius 1 is 0.333 bits per heavy atom. The lowest BCUT2D eigenvalue weighted by Crippen LogP contribution is -2.50. The van der Waals surface area contributed by atoms with E-state index in [1.807, 2.05) is 0 Å². The number of unbranched alkanes of at least 4 members (excludes halogenated alkanes) is 47. The van der Waals surface area contributed by atoms with Crippen LogP contribution in [-0.2, 0) is 4.79 Å². The molecule has 0 aliphatic carbocycles. The molecule has 0 aromatic rings. The van der Waals surface area contributed by atoms with Gasteiger partial charge in [-0.1, -0.05) is 322 Å². The van der Waals surface area contributed by atoms with Crippen molar-refractivity contribution in [3.63, 3.8) is 0 Å². The first kappa shape index (κ1) is 62.4. The maximum absolute atomic E-state index is 12.5. The number of aliphatic hydroxyl groups excluding tert-OH is 3. The lowest BCUT2D eigenvalue weighted by Gasteiger charge is -2.26. The van der Waals surface area contributed by atoms with Crippen molar-refractivity contribution in [2.75, 3.05) is 6.61 Å². The zero-order valence-electron chi connectivity index (χ0n) is 43.3. The molecule has 0 rings (SSSR count). The topological polar surface area (TPSA) is 89.8 Å². The second-order valence-electron chi connectivity index (χ2n) is 20.6. The van der Waals surface area contributed by atoms with Crippen LogP contribution in [0, 0.1) is 0 Å². The monoisotopic (exact) mass is 892 g/mol. The van der Waals surface area contributed by atoms with E-state index in [0.717, 1.165) is 32.1 Å². The maximum atomic E-state index is 12.5. The molecule has 5 nitrogen and oxygen atoms in total. The molecule has 1 amide bonds. The predicted octanol–water partition coefficient (Wildman–Crippen LogP) is 18.1. The fourth-order valence-electron chi connectivity index (χ4n) is 9.70. The molecular formula is C58H117NO4. The van der Waals surface area contributed by atoms with E-state index >= 15 is 0 Å². The number of nitrogens with one attached hydrogen (secondary N) is 1. The molecule has 5 heteroatoms. The Bertz CT molecular complexity index is 853. The Hall–Kier alpha value is -0.650. The summed E-state index contributed by atoms with van der Waals surface area (Å²) in [7, 11) is 0. The molecule has 63 heavy (non-hydrogen) atoms. The highest BCUT2D eigenvalue weighted by atomic mass is 16.3. The summed E-state index contributed by atoms with van der Waals surface area (Å²) in [6, 6.07) is -0.804. The number of carbonyl (C=O) groups is 1. The highest BCUT2D eigenvalue weighted by Crippen LogP contribution is 2.19. The highest BCUT2D eigenvalue weighted by Gasteiger charge is 2.26. The van der Waals surface area contributed by atoms with Crippen molar-refractivity contribution in [2.45, 2.75) is 360 Å². The van der Waals surface area contributed by atoms with Crippen LogP contribution in [0.4, 0.5) is 0 Å². The molecule has 3 atom stereocenters. The Kier molecular flexibility index (Phi) is 53.4. The maximum Gasteiger partial charge on any atom is 0.220 e. The fraction of sp³-hybridized carbons (Fsp3) is 0.983. The van der Waals surface area contributed by atoms with Gasteiger partial charge in [-0.15, -0.1) is 0 Å². The van der Waals surface area contributed by atoms with E-state index in [-0.39, 0.29) is 12.5 Å². The summed E-state index contributed by atoms with van der Waals surface area (Å²) in [5.74, 6) is -0.136. The van der Waals surface area contributed by atoms with Crippen molar-refractivity contribution in [3.8, 4) is 0 Å². The number of rotatable bonds is 55. The zero-order valence-corrected chi connectivity index (χ0v) is 43.3. The van der Waals surface area contributed by atoms with Gasteiger partial charge in [0.05, 0.1) is 18.8 Å². The van der Waals surface area contributed by atoms with Gasteiger partial charge in [-0.3, -0.25) is 4.79 Å². The van der Waals surface area contributed by atoms with Crippen LogP contribution in [0.5, 0.6) is 0 Å². The number of hydrogen-bond donors (Lipinski definition) is 4. The van der Waals surface area contributed by atoms with Crippen molar-refractivity contribution in [1.82, 2.24) is 5.32 Å². The minimum absolute atomic E-state index is 0.136. The molecule has 4 N–H and O–H groups in total. The quantitative estimate of drug-likeness (QED) is 0.0458. The smallest absolute Gasteiger partial charge is 0.220 e. The van der Waals surface area contributed by atoms with Crippen LogP contribution in [0.15, 0.2) is 0 Å². The van der Waals surface area contributed by atoms with Crippen molar-refractivity contribution in [2.24, 2.45) is 0 Å². The molecule has 0 heterocycles. The average molecular weight is 893 g/mol. The van der Waals surface area contributed by atoms with E-state index in [1.54, 1.807) is 0 Å². The average Bonchev–Trinajstić information content (AvgIpc) is 3.29. The predicted molar refractivity (Wildman–Crippen MR) is 278 cm³/mol. The van der Waals surface area contributed by atoms with Crippen LogP contribution in [-0.4, -0.2) is 46.1 Å². The second kappa shape index (κ2) is 54.0. The summed E-state index contributed by atoms with van der Waals surface area (Å²) in [6.07, 6.45) is 65.6. The zero-order chi connectivity index (χ0) is 45.8. The highest BCUT2D eigenvalue weighted by molar-refractivity contribution is 5.76. The summed E-state index contributed by atoms with van der Waals surface area (Å²) in [5, 5.41) is 33.8. The van der Waals surface area contributed by atoms with Crippen LogP contribution in [0.2, 0.25) is 0 Å². The first-order chi connectivity index (χ1) is 31.1. The first-order valence-electron chi connectivity index (χ1n) is 29.3. The second-order valence-corrected chi connectivity index (χ2v) is 20.6. The lowest BCUT2D eigenvalue weighted by atomic mass is 9.99. The van der Waals surface area contributed by atoms with E-state index in [0.29, 0.717) is 12.8 Å². The third kappa shape index (κ3) is 49.1. The fourth-order valence-corrected chi connectivity index (χ4v) is 9.70. The summed E-state index contributed by atoms with van der Waals surface area (Å²) < 4.78 is 0. The molecule has 0 saturated heterocycles. The van der Waals surface area contributed by atoms with Crippen molar-refractivity contribution in [1.29, 1.82) is 0 Å². The largest absolute Gasteiger partial charge is 0.394 e. The molecule has 378 valence electrons. The van der Waals surface area contributed by atoms with Gasteiger partial charge in [0, 0.05) is 6.42 Å². The van der Waals surface area contributed by atoms with E-state index in [2.05, 4.69) is 19.2 Å². The molecule has 0 fully saturated rings. The summed E-state index contributed by atoms with van der Waals surface area (Å²) in [5.41, 5.74) is 0. The van der Waals surface area contributed by atoms with Crippen LogP contribution in [0.3, 0.4) is 0 Å². The third-order valence-electron chi connectivity index (χ3n) is 14.2. The molecular weight excluding hydrogens is 775 g/mol. The SMILES string of the molecule is CCCCCCCCCCCCCCCCCCCCCCCCCCCCCCCCCCCC(=O)NC(CO)C(O)C(O)CCCCCCCCCCCCCCCCCC. The van der Waals surface area contributed by atoms with Crippen molar-refractivity contribution >= 4 is 5.91 Å². The van der Waals surface area contributed by atoms with Crippen LogP contribution in [0.25, 0.3) is 0 Å². The summed E-state index contributed by atoms with van der Waals surface area (Å²) >= 11 is 0. The standard InChI is InChI=1S/C58H117NO4/c1-3-5-7-9-11-13-15-17-19-21-22-23-24-25-26-27-28-29-30-31-32-33-34-35-36-37-39-41-43-45-47-49-51-53-57(62)59-55(54-60)58(63)56(61)52-50-48-46-44-42-40-38-20-18-16-14-12-10-8-6-4-2/h55-56,58,60-61,63H,3-54H2,1-2H3,(H,59,62). The molecule has 0 saturated carbocycles. The first-order valence-corrected chi connectivity index (χ1v) is 29.3. The minimum atomic E-state index is -1.13. The molecule has 3 unspecified atom stereocenters. The Labute approximate surface area is 396 Å². The van der Waals surface area contributed by atoms with Gasteiger partial charge in [0.1, 0.15) is 6.10 Å². The van der Waals surface area contributed by atoms with E-state index in [4.69, 9.17) is 0 Å². The Morgan fingerprint density at radius 2 is 0.540 bits per heavy atom. The van der Waals surface area contributed by atoms with Gasteiger partial charge < -0.3 is 20.6 Å². The minimum Gasteiger partial charge on any atom is -0.394 e. The van der Waals surface area contributed by atoms with Gasteiger partial charge in [0.25, 0.3) is 0 Å². The van der Waals surface area contributed by atoms with Crippen molar-refractivity contribution < 1.29 is 20.1 Å². The van der Waals surface area contributed by atoms with E-state index in [9.17, 15) is 20.1 Å². The van der Waals surface area contributed by atoms with Crippen LogP contribution >= 0.6 is 0 Å². The number of aliphatic hydroxyl groups is 3. The van der Waals surface area contributed by atoms with Gasteiger partial charge >= 0.3 is 0 Å². The van der Waals surface area contributed by atoms with E-state index < -0.39 is 18.2 Å². The lowest BCUT2D eigenvalue weighted by molar-refractivity contribution is -0.124. The normalized spacial score (nSPS) is 13.2. The number of carbonyl (C=O) groups excluding carboxylic acids is 1. The molecule has 0 aromatic carbocycles. The molecule has 0 aliphatic heterocycles. The summed E-state index contributed by atoms with van der Waals surface area (Å²) in [6.45, 7) is 4.22. The molecule has 0 aliphatic rings. The van der Waals surface area contributed by atoms with Gasteiger partial charge in [-0.25, -0.2) is 0 Å². The van der Waals surface area contributed by atoms with Gasteiger partial charge in [-0.2, -0.15) is 0 Å². The Balaban J connectivity index is 3.43. The van der Waals surface area contributed by atoms with Gasteiger partial charge in [0.2, 0.25) is 5.91 Å². The Morgan fingerprint density at radius 3 is 0.762 bits per heavy atom. The van der Waals surface area contributed by atoms with Crippen molar-refractivity contribution in [3.05, 3.63) is 0 Å².